The van der Waals surface area contributed by atoms with Crippen molar-refractivity contribution in [1.29, 1.82) is 0 Å². The van der Waals surface area contributed by atoms with Gasteiger partial charge in [0.2, 0.25) is 0 Å². The molecule has 21 heavy (non-hydrogen) atoms. The zero-order valence-electron chi connectivity index (χ0n) is 11.9. The fourth-order valence-electron chi connectivity index (χ4n) is 2.23. The minimum Gasteiger partial charge on any atom is -0.378 e. The molecule has 0 amide bonds. The lowest BCUT2D eigenvalue weighted by molar-refractivity contribution is 0.624. The Morgan fingerprint density at radius 1 is 1.05 bits per heavy atom. The van der Waals surface area contributed by atoms with Crippen molar-refractivity contribution >= 4 is 44.8 Å². The zero-order valence-corrected chi connectivity index (χ0v) is 15.0. The number of halogens is 4. The van der Waals surface area contributed by atoms with Gasteiger partial charge in [0, 0.05) is 15.2 Å². The normalized spacial score (nSPS) is 12.3. The van der Waals surface area contributed by atoms with Crippen molar-refractivity contribution in [2.24, 2.45) is 0 Å². The third-order valence-electron chi connectivity index (χ3n) is 3.33. The number of hydrogen-bond donors (Lipinski definition) is 1. The van der Waals surface area contributed by atoms with Crippen LogP contribution < -0.4 is 5.32 Å². The van der Waals surface area contributed by atoms with Crippen molar-refractivity contribution in [3.63, 3.8) is 0 Å². The molecular formula is C16H15BrCl2FN. The van der Waals surface area contributed by atoms with E-state index in [1.807, 2.05) is 32.9 Å². The molecule has 112 valence electrons. The molecule has 0 spiro atoms. The molecule has 1 unspecified atom stereocenters. The lowest BCUT2D eigenvalue weighted by Gasteiger charge is -2.19. The van der Waals surface area contributed by atoms with Crippen LogP contribution >= 0.6 is 39.1 Å². The van der Waals surface area contributed by atoms with E-state index < -0.39 is 5.82 Å². The Balaban J connectivity index is 2.30. The SMILES string of the molecule is Cc1cc(NC(C)c2cc(F)c(Cl)cc2Cl)cc(C)c1Br. The van der Waals surface area contributed by atoms with Crippen molar-refractivity contribution < 1.29 is 4.39 Å². The van der Waals surface area contributed by atoms with Crippen molar-refractivity contribution in [2.45, 2.75) is 26.8 Å². The molecule has 0 radical (unpaired) electrons. The van der Waals surface area contributed by atoms with Crippen LogP contribution in [0.2, 0.25) is 10.0 Å². The summed E-state index contributed by atoms with van der Waals surface area (Å²) in [6.07, 6.45) is 0. The van der Waals surface area contributed by atoms with Crippen LogP contribution in [0, 0.1) is 19.7 Å². The molecule has 1 nitrogen and oxygen atoms in total. The number of aryl methyl sites for hydroxylation is 2. The zero-order chi connectivity index (χ0) is 15.7. The van der Waals surface area contributed by atoms with Crippen LogP contribution in [0.3, 0.4) is 0 Å². The van der Waals surface area contributed by atoms with E-state index in [1.165, 1.54) is 12.1 Å². The quantitative estimate of drug-likeness (QED) is 0.576. The van der Waals surface area contributed by atoms with Crippen LogP contribution in [0.1, 0.15) is 29.7 Å². The number of rotatable bonds is 3. The summed E-state index contributed by atoms with van der Waals surface area (Å²) in [4.78, 5) is 0. The molecule has 2 rings (SSSR count). The highest BCUT2D eigenvalue weighted by molar-refractivity contribution is 9.10. The Kier molecular flexibility index (Phi) is 5.18. The first-order valence-electron chi connectivity index (χ1n) is 6.47. The van der Waals surface area contributed by atoms with Gasteiger partial charge < -0.3 is 5.32 Å². The Bertz CT molecular complexity index is 665. The predicted molar refractivity (Wildman–Crippen MR) is 92.1 cm³/mol. The molecule has 2 aromatic rings. The number of anilines is 1. The summed E-state index contributed by atoms with van der Waals surface area (Å²) in [5.74, 6) is -0.465. The van der Waals surface area contributed by atoms with Crippen LogP contribution in [-0.4, -0.2) is 0 Å². The van der Waals surface area contributed by atoms with Crippen LogP contribution in [0.5, 0.6) is 0 Å². The molecule has 0 aromatic heterocycles. The lowest BCUT2D eigenvalue weighted by Crippen LogP contribution is -2.08. The topological polar surface area (TPSA) is 12.0 Å². The van der Waals surface area contributed by atoms with E-state index in [9.17, 15) is 4.39 Å². The van der Waals surface area contributed by atoms with Crippen LogP contribution in [0.15, 0.2) is 28.7 Å². The van der Waals surface area contributed by atoms with E-state index in [4.69, 9.17) is 23.2 Å². The van der Waals surface area contributed by atoms with Crippen LogP contribution in [0.25, 0.3) is 0 Å². The first-order chi connectivity index (χ1) is 9.79. The highest BCUT2D eigenvalue weighted by Gasteiger charge is 2.14. The molecule has 0 aliphatic rings. The Labute approximate surface area is 142 Å². The first-order valence-corrected chi connectivity index (χ1v) is 8.02. The third-order valence-corrected chi connectivity index (χ3v) is 5.19. The molecule has 0 heterocycles. The van der Waals surface area contributed by atoms with Gasteiger partial charge in [0.15, 0.2) is 0 Å². The average Bonchev–Trinajstić information content (AvgIpc) is 2.40. The molecule has 0 saturated heterocycles. The fraction of sp³-hybridized carbons (Fsp3) is 0.250. The van der Waals surface area contributed by atoms with Crippen molar-refractivity contribution in [1.82, 2.24) is 0 Å². The van der Waals surface area contributed by atoms with Gasteiger partial charge in [-0.25, -0.2) is 4.39 Å². The summed E-state index contributed by atoms with van der Waals surface area (Å²) in [5, 5.41) is 3.82. The minimum absolute atomic E-state index is 0.0336. The molecule has 1 atom stereocenters. The summed E-state index contributed by atoms with van der Waals surface area (Å²) < 4.78 is 14.7. The van der Waals surface area contributed by atoms with Gasteiger partial charge >= 0.3 is 0 Å². The molecule has 2 aromatic carbocycles. The van der Waals surface area contributed by atoms with Crippen molar-refractivity contribution in [2.75, 3.05) is 5.32 Å². The Hall–Kier alpha value is -0.770. The average molecular weight is 391 g/mol. The second kappa shape index (κ2) is 6.55. The minimum atomic E-state index is -0.465. The number of hydrogen-bond acceptors (Lipinski definition) is 1. The van der Waals surface area contributed by atoms with Crippen molar-refractivity contribution in [3.05, 3.63) is 61.3 Å². The molecule has 0 bridgehead atoms. The molecule has 5 heteroatoms. The maximum atomic E-state index is 13.6. The second-order valence-electron chi connectivity index (χ2n) is 5.08. The van der Waals surface area contributed by atoms with Crippen LogP contribution in [-0.2, 0) is 0 Å². The molecule has 0 aliphatic heterocycles. The highest BCUT2D eigenvalue weighted by atomic mass is 79.9. The summed E-state index contributed by atoms with van der Waals surface area (Å²) in [6.45, 7) is 5.99. The van der Waals surface area contributed by atoms with Gasteiger partial charge in [-0.05, 0) is 61.7 Å². The van der Waals surface area contributed by atoms with Gasteiger partial charge in [-0.15, -0.1) is 0 Å². The van der Waals surface area contributed by atoms with Gasteiger partial charge in [-0.1, -0.05) is 39.1 Å². The summed E-state index contributed by atoms with van der Waals surface area (Å²) >= 11 is 15.4. The van der Waals surface area contributed by atoms with E-state index >= 15 is 0 Å². The van der Waals surface area contributed by atoms with Gasteiger partial charge in [0.1, 0.15) is 5.82 Å². The highest BCUT2D eigenvalue weighted by Crippen LogP contribution is 2.32. The molecular weight excluding hydrogens is 376 g/mol. The molecule has 0 aliphatic carbocycles. The summed E-state index contributed by atoms with van der Waals surface area (Å²) in [7, 11) is 0. The van der Waals surface area contributed by atoms with Crippen LogP contribution in [0.4, 0.5) is 10.1 Å². The number of benzene rings is 2. The molecule has 0 saturated carbocycles. The second-order valence-corrected chi connectivity index (χ2v) is 6.69. The van der Waals surface area contributed by atoms with E-state index in [1.54, 1.807) is 0 Å². The van der Waals surface area contributed by atoms with E-state index in [2.05, 4.69) is 21.2 Å². The maximum absolute atomic E-state index is 13.6. The molecule has 0 fully saturated rings. The Morgan fingerprint density at radius 2 is 1.62 bits per heavy atom. The smallest absolute Gasteiger partial charge is 0.142 e. The molecule has 1 N–H and O–H groups in total. The van der Waals surface area contributed by atoms with E-state index in [-0.39, 0.29) is 11.1 Å². The predicted octanol–water partition coefficient (Wildman–Crippen LogP) is 6.68. The lowest BCUT2D eigenvalue weighted by atomic mass is 10.1. The monoisotopic (exact) mass is 389 g/mol. The van der Waals surface area contributed by atoms with E-state index in [0.717, 1.165) is 21.3 Å². The number of nitrogens with one attached hydrogen (secondary N) is 1. The third kappa shape index (κ3) is 3.71. The summed E-state index contributed by atoms with van der Waals surface area (Å²) in [6, 6.07) is 6.75. The van der Waals surface area contributed by atoms with Gasteiger partial charge in [0.05, 0.1) is 11.1 Å². The van der Waals surface area contributed by atoms with Gasteiger partial charge in [-0.3, -0.25) is 0 Å². The first kappa shape index (κ1) is 16.6. The standard InChI is InChI=1S/C16H15BrCl2FN/c1-8-4-11(5-9(2)16(8)17)21-10(3)12-6-15(20)14(19)7-13(12)18/h4-7,10,21H,1-3H3. The van der Waals surface area contributed by atoms with Gasteiger partial charge in [0.25, 0.3) is 0 Å². The van der Waals surface area contributed by atoms with Crippen molar-refractivity contribution in [3.8, 4) is 0 Å². The van der Waals surface area contributed by atoms with Gasteiger partial charge in [-0.2, -0.15) is 0 Å². The summed E-state index contributed by atoms with van der Waals surface area (Å²) in [5.41, 5.74) is 3.92. The largest absolute Gasteiger partial charge is 0.378 e. The fourth-order valence-corrected chi connectivity index (χ4v) is 3.00. The maximum Gasteiger partial charge on any atom is 0.142 e. The van der Waals surface area contributed by atoms with E-state index in [0.29, 0.717) is 10.6 Å². The Morgan fingerprint density at radius 3 is 2.19 bits per heavy atom.